The maximum Gasteiger partial charge on any atom is 0.205 e. The fraction of sp³-hybridized carbons (Fsp3) is 0.429. The van der Waals surface area contributed by atoms with Gasteiger partial charge in [0.1, 0.15) is 5.75 Å². The number of fused-ring (bicyclic) bond motifs is 1. The van der Waals surface area contributed by atoms with E-state index in [1.54, 1.807) is 7.11 Å². The van der Waals surface area contributed by atoms with Crippen molar-refractivity contribution in [2.24, 2.45) is 0 Å². The van der Waals surface area contributed by atoms with Crippen molar-refractivity contribution < 1.29 is 19.3 Å². The van der Waals surface area contributed by atoms with E-state index in [1.165, 1.54) is 0 Å². The van der Waals surface area contributed by atoms with Crippen LogP contribution in [-0.2, 0) is 16.1 Å². The van der Waals surface area contributed by atoms with Gasteiger partial charge in [0.05, 0.1) is 25.4 Å². The van der Waals surface area contributed by atoms with E-state index in [4.69, 9.17) is 14.2 Å². The number of ether oxygens (including phenoxy) is 3. The van der Waals surface area contributed by atoms with Gasteiger partial charge in [-0.25, -0.2) is 0 Å². The summed E-state index contributed by atoms with van der Waals surface area (Å²) in [7, 11) is 1.68. The Morgan fingerprint density at radius 2 is 1.92 bits per heavy atom. The molecule has 0 radical (unpaired) electrons. The molecule has 1 unspecified atom stereocenters. The van der Waals surface area contributed by atoms with Crippen LogP contribution in [0.5, 0.6) is 5.75 Å². The SMILES string of the molecule is COC[C@@H](NCC(O)c1ccc2c(c1)COC(C)(C)O2)c1ccccc1. The molecule has 1 heterocycles. The number of hydrogen-bond donors (Lipinski definition) is 2. The van der Waals surface area contributed by atoms with Crippen molar-refractivity contribution in [3.8, 4) is 5.75 Å². The van der Waals surface area contributed by atoms with E-state index in [-0.39, 0.29) is 6.04 Å². The van der Waals surface area contributed by atoms with Crippen molar-refractivity contribution >= 4 is 0 Å². The van der Waals surface area contributed by atoms with E-state index in [0.717, 1.165) is 22.4 Å². The van der Waals surface area contributed by atoms with E-state index >= 15 is 0 Å². The monoisotopic (exact) mass is 357 g/mol. The van der Waals surface area contributed by atoms with Crippen LogP contribution in [0.4, 0.5) is 0 Å². The van der Waals surface area contributed by atoms with Crippen LogP contribution in [-0.4, -0.2) is 31.2 Å². The smallest absolute Gasteiger partial charge is 0.205 e. The van der Waals surface area contributed by atoms with E-state index in [0.29, 0.717) is 19.8 Å². The normalized spacial score (nSPS) is 17.8. The van der Waals surface area contributed by atoms with Gasteiger partial charge >= 0.3 is 0 Å². The van der Waals surface area contributed by atoms with Crippen molar-refractivity contribution in [2.75, 3.05) is 20.3 Å². The third-order valence-electron chi connectivity index (χ3n) is 4.49. The van der Waals surface area contributed by atoms with Gasteiger partial charge in [0, 0.05) is 33.1 Å². The van der Waals surface area contributed by atoms with Gasteiger partial charge in [0.25, 0.3) is 0 Å². The molecule has 0 spiro atoms. The van der Waals surface area contributed by atoms with Crippen LogP contribution >= 0.6 is 0 Å². The summed E-state index contributed by atoms with van der Waals surface area (Å²) < 4.78 is 16.8. The van der Waals surface area contributed by atoms with Crippen LogP contribution in [0.25, 0.3) is 0 Å². The Morgan fingerprint density at radius 1 is 1.15 bits per heavy atom. The summed E-state index contributed by atoms with van der Waals surface area (Å²) in [6.07, 6.45) is -0.627. The standard InChI is InChI=1S/C21H27NO4/c1-21(2)25-13-17-11-16(9-10-20(17)26-21)19(23)12-22-18(14-24-3)15-7-5-4-6-8-15/h4-11,18-19,22-23H,12-14H2,1-3H3/t18-,19?/m1/s1. The topological polar surface area (TPSA) is 60.0 Å². The Labute approximate surface area is 154 Å². The highest BCUT2D eigenvalue weighted by atomic mass is 16.7. The molecule has 2 aromatic rings. The molecule has 2 aromatic carbocycles. The summed E-state index contributed by atoms with van der Waals surface area (Å²) in [6.45, 7) is 5.23. The van der Waals surface area contributed by atoms with Crippen LogP contribution in [0.1, 0.15) is 42.7 Å². The number of aliphatic hydroxyl groups excluding tert-OH is 1. The lowest BCUT2D eigenvalue weighted by Gasteiger charge is -2.33. The van der Waals surface area contributed by atoms with Gasteiger partial charge < -0.3 is 24.6 Å². The lowest BCUT2D eigenvalue weighted by molar-refractivity contribution is -0.180. The third kappa shape index (κ3) is 4.62. The number of rotatable bonds is 7. The van der Waals surface area contributed by atoms with E-state index in [9.17, 15) is 5.11 Å². The highest BCUT2D eigenvalue weighted by Gasteiger charge is 2.27. The molecule has 0 bridgehead atoms. The molecule has 26 heavy (non-hydrogen) atoms. The van der Waals surface area contributed by atoms with Gasteiger partial charge in [0.2, 0.25) is 5.79 Å². The maximum atomic E-state index is 10.6. The summed E-state index contributed by atoms with van der Waals surface area (Å²) >= 11 is 0. The number of methoxy groups -OCH3 is 1. The minimum Gasteiger partial charge on any atom is -0.463 e. The highest BCUT2D eigenvalue weighted by Crippen LogP contribution is 2.32. The van der Waals surface area contributed by atoms with Crippen molar-refractivity contribution in [3.63, 3.8) is 0 Å². The molecular weight excluding hydrogens is 330 g/mol. The summed E-state index contributed by atoms with van der Waals surface area (Å²) in [6, 6.07) is 15.9. The first-order chi connectivity index (χ1) is 12.5. The Hall–Kier alpha value is -1.92. The molecule has 0 amide bonds. The molecule has 3 rings (SSSR count). The van der Waals surface area contributed by atoms with Crippen molar-refractivity contribution in [1.29, 1.82) is 0 Å². The zero-order chi connectivity index (χ0) is 18.6. The molecule has 0 aliphatic carbocycles. The molecule has 1 aliphatic heterocycles. The van der Waals surface area contributed by atoms with Crippen LogP contribution in [0.2, 0.25) is 0 Å². The van der Waals surface area contributed by atoms with E-state index in [2.05, 4.69) is 17.4 Å². The average molecular weight is 357 g/mol. The molecule has 5 heteroatoms. The zero-order valence-corrected chi connectivity index (χ0v) is 15.6. The van der Waals surface area contributed by atoms with Gasteiger partial charge in [-0.3, -0.25) is 0 Å². The molecule has 0 fully saturated rings. The minimum absolute atomic E-state index is 0.0287. The quantitative estimate of drug-likeness (QED) is 0.796. The first-order valence-corrected chi connectivity index (χ1v) is 8.89. The van der Waals surface area contributed by atoms with Gasteiger partial charge in [-0.1, -0.05) is 36.4 Å². The average Bonchev–Trinajstić information content (AvgIpc) is 2.64. The fourth-order valence-electron chi connectivity index (χ4n) is 3.06. The summed E-state index contributed by atoms with van der Waals surface area (Å²) in [5.41, 5.74) is 2.93. The molecular formula is C21H27NO4. The third-order valence-corrected chi connectivity index (χ3v) is 4.49. The Balaban J connectivity index is 1.65. The van der Waals surface area contributed by atoms with E-state index in [1.807, 2.05) is 50.2 Å². The number of aliphatic hydroxyl groups is 1. The number of nitrogens with one attached hydrogen (secondary N) is 1. The number of benzene rings is 2. The lowest BCUT2D eigenvalue weighted by atomic mass is 10.0. The molecule has 2 atom stereocenters. The van der Waals surface area contributed by atoms with Crippen molar-refractivity contribution in [1.82, 2.24) is 5.32 Å². The predicted molar refractivity (Wildman–Crippen MR) is 100.0 cm³/mol. The van der Waals surface area contributed by atoms with Gasteiger partial charge in [-0.05, 0) is 23.3 Å². The molecule has 1 aliphatic rings. The van der Waals surface area contributed by atoms with Crippen LogP contribution < -0.4 is 10.1 Å². The van der Waals surface area contributed by atoms with Crippen molar-refractivity contribution in [2.45, 2.75) is 38.4 Å². The summed E-state index contributed by atoms with van der Waals surface area (Å²) in [5, 5.41) is 14.0. The Bertz CT molecular complexity index is 717. The molecule has 5 nitrogen and oxygen atoms in total. The molecule has 0 aromatic heterocycles. The van der Waals surface area contributed by atoms with Gasteiger partial charge in [-0.2, -0.15) is 0 Å². The second kappa shape index (κ2) is 8.18. The minimum atomic E-state index is -0.627. The second-order valence-electron chi connectivity index (χ2n) is 7.00. The highest BCUT2D eigenvalue weighted by molar-refractivity contribution is 5.39. The van der Waals surface area contributed by atoms with Crippen LogP contribution in [0.15, 0.2) is 48.5 Å². The first kappa shape index (κ1) is 18.9. The van der Waals surface area contributed by atoms with Crippen LogP contribution in [0, 0.1) is 0 Å². The largest absolute Gasteiger partial charge is 0.463 e. The summed E-state index contributed by atoms with van der Waals surface area (Å²) in [4.78, 5) is 0. The fourth-order valence-corrected chi connectivity index (χ4v) is 3.06. The lowest BCUT2D eigenvalue weighted by Crippen LogP contribution is -2.35. The molecule has 0 saturated heterocycles. The second-order valence-corrected chi connectivity index (χ2v) is 7.00. The van der Waals surface area contributed by atoms with Gasteiger partial charge in [0.15, 0.2) is 0 Å². The predicted octanol–water partition coefficient (Wildman–Crippen LogP) is 3.34. The van der Waals surface area contributed by atoms with Crippen molar-refractivity contribution in [3.05, 3.63) is 65.2 Å². The maximum absolute atomic E-state index is 10.6. The van der Waals surface area contributed by atoms with Crippen LogP contribution in [0.3, 0.4) is 0 Å². The van der Waals surface area contributed by atoms with E-state index < -0.39 is 11.9 Å². The first-order valence-electron chi connectivity index (χ1n) is 8.89. The molecule has 140 valence electrons. The van der Waals surface area contributed by atoms with Gasteiger partial charge in [-0.15, -0.1) is 0 Å². The molecule has 2 N–H and O–H groups in total. The summed E-state index contributed by atoms with van der Waals surface area (Å²) in [5.74, 6) is 0.198. The number of hydrogen-bond acceptors (Lipinski definition) is 5. The zero-order valence-electron chi connectivity index (χ0n) is 15.6. The Kier molecular flexibility index (Phi) is 5.94. The molecule has 0 saturated carbocycles. The Morgan fingerprint density at radius 3 is 2.65 bits per heavy atom.